The van der Waals surface area contributed by atoms with E-state index in [1.165, 1.54) is 6.42 Å². The Balaban J connectivity index is 2.66. The molecule has 3 heteroatoms. The van der Waals surface area contributed by atoms with Crippen LogP contribution in [0.5, 0.6) is 0 Å². The first-order valence-electron chi connectivity index (χ1n) is 5.63. The fourth-order valence-corrected chi connectivity index (χ4v) is 2.62. The van der Waals surface area contributed by atoms with E-state index in [-0.39, 0.29) is 12.0 Å². The highest BCUT2D eigenvalue weighted by Crippen LogP contribution is 2.42. The molecular weight excluding hydrogens is 180 g/mol. The summed E-state index contributed by atoms with van der Waals surface area (Å²) in [6.07, 6.45) is 4.57. The Bertz CT molecular complexity index is 164. The van der Waals surface area contributed by atoms with Crippen molar-refractivity contribution >= 4 is 0 Å². The zero-order valence-corrected chi connectivity index (χ0v) is 8.95. The van der Waals surface area contributed by atoms with Crippen LogP contribution < -0.4 is 0 Å². The van der Waals surface area contributed by atoms with Crippen LogP contribution in [-0.2, 0) is 0 Å². The quantitative estimate of drug-likeness (QED) is 0.639. The van der Waals surface area contributed by atoms with Crippen molar-refractivity contribution in [2.75, 3.05) is 6.61 Å². The van der Waals surface area contributed by atoms with Crippen LogP contribution in [0.2, 0.25) is 0 Å². The molecule has 0 heterocycles. The van der Waals surface area contributed by atoms with Crippen LogP contribution in [0, 0.1) is 5.41 Å². The molecule has 1 saturated carbocycles. The third-order valence-corrected chi connectivity index (χ3v) is 3.73. The van der Waals surface area contributed by atoms with Crippen molar-refractivity contribution in [3.05, 3.63) is 0 Å². The van der Waals surface area contributed by atoms with Gasteiger partial charge in [0, 0.05) is 0 Å². The van der Waals surface area contributed by atoms with Crippen LogP contribution in [0.25, 0.3) is 0 Å². The topological polar surface area (TPSA) is 60.7 Å². The van der Waals surface area contributed by atoms with Crippen molar-refractivity contribution in [2.45, 2.75) is 57.7 Å². The summed E-state index contributed by atoms with van der Waals surface area (Å²) in [7, 11) is 0. The molecule has 1 aliphatic rings. The Labute approximate surface area is 85.8 Å². The fourth-order valence-electron chi connectivity index (χ4n) is 2.62. The van der Waals surface area contributed by atoms with Crippen molar-refractivity contribution in [1.29, 1.82) is 0 Å². The van der Waals surface area contributed by atoms with Crippen LogP contribution in [0.4, 0.5) is 0 Å². The molecule has 2 unspecified atom stereocenters. The molecule has 84 valence electrons. The summed E-state index contributed by atoms with van der Waals surface area (Å²) in [5, 5.41) is 28.3. The van der Waals surface area contributed by atoms with E-state index < -0.39 is 12.2 Å². The summed E-state index contributed by atoms with van der Waals surface area (Å²) in [6.45, 7) is 1.71. The number of rotatable bonds is 4. The zero-order chi connectivity index (χ0) is 10.6. The Morgan fingerprint density at radius 2 is 1.71 bits per heavy atom. The monoisotopic (exact) mass is 202 g/mol. The molecule has 2 atom stereocenters. The van der Waals surface area contributed by atoms with Crippen molar-refractivity contribution in [1.82, 2.24) is 0 Å². The lowest BCUT2D eigenvalue weighted by Crippen LogP contribution is -2.45. The van der Waals surface area contributed by atoms with E-state index >= 15 is 0 Å². The molecule has 0 radical (unpaired) electrons. The number of hydrogen-bond donors (Lipinski definition) is 3. The lowest BCUT2D eigenvalue weighted by molar-refractivity contribution is -0.0984. The van der Waals surface area contributed by atoms with Crippen LogP contribution in [-0.4, -0.2) is 34.1 Å². The van der Waals surface area contributed by atoms with Gasteiger partial charge in [0.2, 0.25) is 0 Å². The van der Waals surface area contributed by atoms with E-state index in [9.17, 15) is 10.2 Å². The molecule has 0 spiro atoms. The molecule has 1 fully saturated rings. The second-order valence-electron chi connectivity index (χ2n) is 4.47. The summed E-state index contributed by atoms with van der Waals surface area (Å²) in [5.74, 6) is 0. The fraction of sp³-hybridized carbons (Fsp3) is 1.00. The molecular formula is C11H22O3. The van der Waals surface area contributed by atoms with E-state index in [0.717, 1.165) is 32.1 Å². The highest BCUT2D eigenvalue weighted by Gasteiger charge is 2.40. The van der Waals surface area contributed by atoms with Crippen LogP contribution in [0.3, 0.4) is 0 Å². The van der Waals surface area contributed by atoms with Gasteiger partial charge < -0.3 is 15.3 Å². The van der Waals surface area contributed by atoms with Crippen molar-refractivity contribution in [3.63, 3.8) is 0 Å². The minimum Gasteiger partial charge on any atom is -0.394 e. The van der Waals surface area contributed by atoms with Gasteiger partial charge in [-0.05, 0) is 24.7 Å². The first kappa shape index (κ1) is 12.0. The molecule has 0 aromatic rings. The van der Waals surface area contributed by atoms with Gasteiger partial charge in [-0.25, -0.2) is 0 Å². The molecule has 0 aromatic carbocycles. The maximum absolute atomic E-state index is 9.98. The van der Waals surface area contributed by atoms with E-state index in [1.54, 1.807) is 0 Å². The minimum atomic E-state index is -0.979. The molecule has 0 amide bonds. The van der Waals surface area contributed by atoms with Crippen LogP contribution in [0.15, 0.2) is 0 Å². The van der Waals surface area contributed by atoms with Gasteiger partial charge in [0.15, 0.2) is 0 Å². The number of hydrogen-bond acceptors (Lipinski definition) is 3. The molecule has 14 heavy (non-hydrogen) atoms. The summed E-state index contributed by atoms with van der Waals surface area (Å²) in [4.78, 5) is 0. The Hall–Kier alpha value is -0.120. The van der Waals surface area contributed by atoms with Gasteiger partial charge in [0.25, 0.3) is 0 Å². The van der Waals surface area contributed by atoms with Crippen LogP contribution >= 0.6 is 0 Å². The first-order chi connectivity index (χ1) is 6.66. The molecule has 3 nitrogen and oxygen atoms in total. The minimum absolute atomic E-state index is 0.152. The molecule has 0 bridgehead atoms. The zero-order valence-electron chi connectivity index (χ0n) is 8.95. The van der Waals surface area contributed by atoms with Crippen molar-refractivity contribution in [3.8, 4) is 0 Å². The second kappa shape index (κ2) is 5.10. The Kier molecular flexibility index (Phi) is 4.35. The van der Waals surface area contributed by atoms with E-state index in [1.807, 2.05) is 0 Å². The molecule has 1 aliphatic carbocycles. The first-order valence-corrected chi connectivity index (χ1v) is 5.63. The van der Waals surface area contributed by atoms with Gasteiger partial charge in [-0.15, -0.1) is 0 Å². The van der Waals surface area contributed by atoms with Crippen LogP contribution in [0.1, 0.15) is 45.4 Å². The van der Waals surface area contributed by atoms with E-state index in [2.05, 4.69) is 6.92 Å². The van der Waals surface area contributed by atoms with Gasteiger partial charge in [0.1, 0.15) is 6.10 Å². The van der Waals surface area contributed by atoms with Gasteiger partial charge in [-0.1, -0.05) is 26.2 Å². The second-order valence-corrected chi connectivity index (χ2v) is 4.47. The molecule has 0 saturated heterocycles. The lowest BCUT2D eigenvalue weighted by Gasteiger charge is -2.42. The maximum Gasteiger partial charge on any atom is 0.103 e. The highest BCUT2D eigenvalue weighted by molar-refractivity contribution is 4.91. The molecule has 0 aromatic heterocycles. The number of aliphatic hydroxyl groups is 3. The van der Waals surface area contributed by atoms with Gasteiger partial charge >= 0.3 is 0 Å². The smallest absolute Gasteiger partial charge is 0.103 e. The third kappa shape index (κ3) is 2.27. The largest absolute Gasteiger partial charge is 0.394 e. The van der Waals surface area contributed by atoms with Crippen molar-refractivity contribution in [2.24, 2.45) is 5.41 Å². The average molecular weight is 202 g/mol. The predicted molar refractivity (Wildman–Crippen MR) is 54.9 cm³/mol. The SMILES string of the molecule is CCC1(C(O)C(O)CO)CCCCC1. The predicted octanol–water partition coefficient (Wildman–Crippen LogP) is 1.06. The Morgan fingerprint density at radius 3 is 2.14 bits per heavy atom. The van der Waals surface area contributed by atoms with E-state index in [0.29, 0.717) is 0 Å². The summed E-state index contributed by atoms with van der Waals surface area (Å²) in [6, 6.07) is 0. The maximum atomic E-state index is 9.98. The van der Waals surface area contributed by atoms with E-state index in [4.69, 9.17) is 5.11 Å². The highest BCUT2D eigenvalue weighted by atomic mass is 16.4. The summed E-state index contributed by atoms with van der Waals surface area (Å²) in [5.41, 5.74) is -0.152. The summed E-state index contributed by atoms with van der Waals surface area (Å²) < 4.78 is 0. The average Bonchev–Trinajstić information content (AvgIpc) is 2.28. The molecule has 1 rings (SSSR count). The third-order valence-electron chi connectivity index (χ3n) is 3.73. The lowest BCUT2D eigenvalue weighted by atomic mass is 9.67. The summed E-state index contributed by atoms with van der Waals surface area (Å²) >= 11 is 0. The van der Waals surface area contributed by atoms with Gasteiger partial charge in [-0.3, -0.25) is 0 Å². The van der Waals surface area contributed by atoms with Gasteiger partial charge in [-0.2, -0.15) is 0 Å². The normalized spacial score (nSPS) is 25.7. The van der Waals surface area contributed by atoms with Gasteiger partial charge in [0.05, 0.1) is 12.7 Å². The standard InChI is InChI=1S/C11H22O3/c1-2-11(6-4-3-5-7-11)10(14)9(13)8-12/h9-10,12-14H,2-8H2,1H3. The number of aliphatic hydroxyl groups excluding tert-OH is 3. The Morgan fingerprint density at radius 1 is 1.14 bits per heavy atom. The molecule has 3 N–H and O–H groups in total. The van der Waals surface area contributed by atoms with Crippen molar-refractivity contribution < 1.29 is 15.3 Å². The molecule has 0 aliphatic heterocycles.